The molecule has 3 rings (SSSR count). The highest BCUT2D eigenvalue weighted by molar-refractivity contribution is 8.00. The molecule has 2 aromatic carbocycles. The van der Waals surface area contributed by atoms with Gasteiger partial charge < -0.3 is 4.74 Å². The van der Waals surface area contributed by atoms with Crippen LogP contribution in [0, 0.1) is 6.92 Å². The maximum absolute atomic E-state index is 12.1. The number of aromatic nitrogens is 1. The Morgan fingerprint density at radius 1 is 1.14 bits per heavy atom. The van der Waals surface area contributed by atoms with Crippen LogP contribution in [-0.4, -0.2) is 29.7 Å². The van der Waals surface area contributed by atoms with Crippen LogP contribution in [0.2, 0.25) is 0 Å². The number of hydrogen-bond donors (Lipinski definition) is 2. The van der Waals surface area contributed by atoms with Gasteiger partial charge in [0.15, 0.2) is 0 Å². The molecule has 1 heterocycles. The van der Waals surface area contributed by atoms with E-state index in [2.05, 4.69) is 15.8 Å². The van der Waals surface area contributed by atoms with Crippen LogP contribution in [0.5, 0.6) is 5.75 Å². The van der Waals surface area contributed by atoms with E-state index in [0.717, 1.165) is 26.9 Å². The Balaban J connectivity index is 1.51. The molecular formula is C22H21N3O3S. The maximum Gasteiger partial charge on any atom is 0.262 e. The van der Waals surface area contributed by atoms with Crippen LogP contribution in [0.4, 0.5) is 0 Å². The van der Waals surface area contributed by atoms with E-state index in [0.29, 0.717) is 5.75 Å². The number of methoxy groups -OCH3 is 1. The number of hydrazine groups is 1. The Bertz CT molecular complexity index is 1060. The number of aryl methyl sites for hydroxylation is 1. The molecule has 29 heavy (non-hydrogen) atoms. The highest BCUT2D eigenvalue weighted by Gasteiger charge is 2.07. The predicted molar refractivity (Wildman–Crippen MR) is 116 cm³/mol. The Kier molecular flexibility index (Phi) is 6.86. The molecule has 1 aromatic heterocycles. The summed E-state index contributed by atoms with van der Waals surface area (Å²) >= 11 is 1.37. The lowest BCUT2D eigenvalue weighted by molar-refractivity contribution is -0.125. The molecular weight excluding hydrogens is 386 g/mol. The summed E-state index contributed by atoms with van der Waals surface area (Å²) in [5.74, 6) is 0.0890. The summed E-state index contributed by atoms with van der Waals surface area (Å²) in [7, 11) is 1.57. The van der Waals surface area contributed by atoms with Crippen LogP contribution in [-0.2, 0) is 9.59 Å². The number of amides is 2. The Labute approximate surface area is 173 Å². The average molecular weight is 407 g/mol. The van der Waals surface area contributed by atoms with Gasteiger partial charge in [-0.05, 0) is 37.3 Å². The zero-order valence-corrected chi connectivity index (χ0v) is 17.0. The number of thioether (sulfide) groups is 1. The van der Waals surface area contributed by atoms with Crippen molar-refractivity contribution in [3.8, 4) is 5.75 Å². The summed E-state index contributed by atoms with van der Waals surface area (Å²) in [4.78, 5) is 29.3. The van der Waals surface area contributed by atoms with Crippen LogP contribution in [0.3, 0.4) is 0 Å². The van der Waals surface area contributed by atoms with E-state index in [9.17, 15) is 9.59 Å². The Hall–Kier alpha value is -3.32. The first-order chi connectivity index (χ1) is 14.1. The molecule has 0 atom stereocenters. The van der Waals surface area contributed by atoms with Crippen molar-refractivity contribution in [3.05, 3.63) is 71.9 Å². The van der Waals surface area contributed by atoms with Crippen molar-refractivity contribution in [2.24, 2.45) is 0 Å². The first kappa shape index (κ1) is 20.4. The molecule has 0 unspecified atom stereocenters. The molecule has 2 N–H and O–H groups in total. The lowest BCUT2D eigenvalue weighted by atomic mass is 10.1. The third kappa shape index (κ3) is 5.58. The van der Waals surface area contributed by atoms with E-state index in [4.69, 9.17) is 4.74 Å². The van der Waals surface area contributed by atoms with Gasteiger partial charge in [-0.1, -0.05) is 29.8 Å². The highest BCUT2D eigenvalue weighted by Crippen LogP contribution is 2.25. The van der Waals surface area contributed by atoms with Crippen LogP contribution >= 0.6 is 11.8 Å². The van der Waals surface area contributed by atoms with Gasteiger partial charge in [0.05, 0.1) is 18.4 Å². The van der Waals surface area contributed by atoms with Gasteiger partial charge in [0, 0.05) is 28.1 Å². The van der Waals surface area contributed by atoms with Crippen LogP contribution in [0.1, 0.15) is 11.1 Å². The fraction of sp³-hybridized carbons (Fsp3) is 0.136. The second-order valence-corrected chi connectivity index (χ2v) is 7.25. The first-order valence-corrected chi connectivity index (χ1v) is 9.93. The summed E-state index contributed by atoms with van der Waals surface area (Å²) in [5, 5.41) is 1.02. The van der Waals surface area contributed by atoms with E-state index < -0.39 is 5.91 Å². The molecule has 0 spiro atoms. The van der Waals surface area contributed by atoms with Crippen molar-refractivity contribution in [1.82, 2.24) is 15.8 Å². The second kappa shape index (κ2) is 9.75. The molecule has 0 aliphatic heterocycles. The maximum atomic E-state index is 12.1. The van der Waals surface area contributed by atoms with Crippen molar-refractivity contribution in [1.29, 1.82) is 0 Å². The molecule has 6 nitrogen and oxygen atoms in total. The SMILES string of the molecule is COc1ccc(C)cc1/C=C/C(=O)NNC(=O)CSc1cccc2cccnc12. The first-order valence-electron chi connectivity index (χ1n) is 8.95. The zero-order valence-electron chi connectivity index (χ0n) is 16.1. The van der Waals surface area contributed by atoms with Crippen molar-refractivity contribution < 1.29 is 14.3 Å². The number of benzene rings is 2. The van der Waals surface area contributed by atoms with Gasteiger partial charge in [-0.15, -0.1) is 11.8 Å². The normalized spacial score (nSPS) is 10.8. The number of carbonyl (C=O) groups excluding carboxylic acids is 2. The molecule has 0 fully saturated rings. The third-order valence-electron chi connectivity index (χ3n) is 4.08. The van der Waals surface area contributed by atoms with Gasteiger partial charge in [-0.3, -0.25) is 25.4 Å². The topological polar surface area (TPSA) is 80.3 Å². The lowest BCUT2D eigenvalue weighted by Crippen LogP contribution is -2.41. The van der Waals surface area contributed by atoms with Gasteiger partial charge in [0.1, 0.15) is 5.75 Å². The van der Waals surface area contributed by atoms with Gasteiger partial charge in [-0.25, -0.2) is 0 Å². The average Bonchev–Trinajstić information content (AvgIpc) is 2.74. The molecule has 0 radical (unpaired) electrons. The fourth-order valence-electron chi connectivity index (χ4n) is 2.69. The minimum absolute atomic E-state index is 0.158. The number of carbonyl (C=O) groups is 2. The number of hydrogen-bond acceptors (Lipinski definition) is 5. The molecule has 0 aliphatic rings. The van der Waals surface area contributed by atoms with Crippen molar-refractivity contribution in [2.45, 2.75) is 11.8 Å². The van der Waals surface area contributed by atoms with Gasteiger partial charge in [-0.2, -0.15) is 0 Å². The third-order valence-corrected chi connectivity index (χ3v) is 5.13. The highest BCUT2D eigenvalue weighted by atomic mass is 32.2. The van der Waals surface area contributed by atoms with E-state index in [1.807, 2.05) is 55.5 Å². The van der Waals surface area contributed by atoms with E-state index in [-0.39, 0.29) is 11.7 Å². The molecule has 2 amide bonds. The van der Waals surface area contributed by atoms with Gasteiger partial charge in [0.25, 0.3) is 5.91 Å². The molecule has 0 aliphatic carbocycles. The summed E-state index contributed by atoms with van der Waals surface area (Å²) in [6.07, 6.45) is 4.71. The monoisotopic (exact) mass is 407 g/mol. The molecule has 0 saturated heterocycles. The zero-order chi connectivity index (χ0) is 20.6. The largest absolute Gasteiger partial charge is 0.496 e. The molecule has 3 aromatic rings. The Morgan fingerprint density at radius 3 is 2.79 bits per heavy atom. The number of nitrogens with one attached hydrogen (secondary N) is 2. The number of ether oxygens (including phenoxy) is 1. The molecule has 7 heteroatoms. The molecule has 148 valence electrons. The Morgan fingerprint density at radius 2 is 1.97 bits per heavy atom. The van der Waals surface area contributed by atoms with Crippen LogP contribution in [0.25, 0.3) is 17.0 Å². The number of pyridine rings is 1. The van der Waals surface area contributed by atoms with E-state index in [1.54, 1.807) is 19.4 Å². The standard InChI is InChI=1S/C22H21N3O3S/c1-15-8-10-18(28-2)17(13-15)9-11-20(26)24-25-21(27)14-29-19-7-3-5-16-6-4-12-23-22(16)19/h3-13H,14H2,1-2H3,(H,24,26)(H,25,27)/b11-9+. The number of fused-ring (bicyclic) bond motifs is 1. The number of rotatable bonds is 6. The molecule has 0 bridgehead atoms. The number of nitrogens with zero attached hydrogens (tertiary/aromatic N) is 1. The fourth-order valence-corrected chi connectivity index (χ4v) is 3.54. The molecule has 0 saturated carbocycles. The second-order valence-electron chi connectivity index (χ2n) is 6.24. The summed E-state index contributed by atoms with van der Waals surface area (Å²) in [6.45, 7) is 1.96. The van der Waals surface area contributed by atoms with Gasteiger partial charge >= 0.3 is 0 Å². The summed E-state index contributed by atoms with van der Waals surface area (Å²) in [5.41, 5.74) is 7.49. The minimum atomic E-state index is -0.432. The quantitative estimate of drug-likeness (QED) is 0.371. The lowest BCUT2D eigenvalue weighted by Gasteiger charge is -2.07. The van der Waals surface area contributed by atoms with Crippen molar-refractivity contribution >= 4 is 40.6 Å². The van der Waals surface area contributed by atoms with E-state index >= 15 is 0 Å². The van der Waals surface area contributed by atoms with Crippen LogP contribution in [0.15, 0.2) is 65.7 Å². The van der Waals surface area contributed by atoms with E-state index in [1.165, 1.54) is 17.8 Å². The predicted octanol–water partition coefficient (Wildman–Crippen LogP) is 3.50. The number of para-hydroxylation sites is 1. The van der Waals surface area contributed by atoms with Gasteiger partial charge in [0.2, 0.25) is 5.91 Å². The van der Waals surface area contributed by atoms with Crippen LogP contribution < -0.4 is 15.6 Å². The van der Waals surface area contributed by atoms with Crippen molar-refractivity contribution in [2.75, 3.05) is 12.9 Å². The summed E-state index contributed by atoms with van der Waals surface area (Å²) in [6, 6.07) is 15.4. The smallest absolute Gasteiger partial charge is 0.262 e. The minimum Gasteiger partial charge on any atom is -0.496 e. The van der Waals surface area contributed by atoms with Crippen molar-refractivity contribution in [3.63, 3.8) is 0 Å². The summed E-state index contributed by atoms with van der Waals surface area (Å²) < 4.78 is 5.27.